The third-order valence-electron chi connectivity index (χ3n) is 2.19. The zero-order chi connectivity index (χ0) is 15.3. The predicted octanol–water partition coefficient (Wildman–Crippen LogP) is 2.32. The molecule has 0 saturated heterocycles. The first-order valence-corrected chi connectivity index (χ1v) is 5.32. The van der Waals surface area contributed by atoms with E-state index < -0.39 is 43.2 Å². The molecule has 9 heteroatoms. The van der Waals surface area contributed by atoms with E-state index in [2.05, 4.69) is 9.47 Å². The summed E-state index contributed by atoms with van der Waals surface area (Å²) in [7, 11) is 0. The Bertz CT molecular complexity index is 326. The molecule has 112 valence electrons. The SMILES string of the molecule is CCC(C)C(=O)OCCOC(=O)C(F)(F)C(F)(F)F. The maximum absolute atomic E-state index is 12.4. The van der Waals surface area contributed by atoms with Crippen molar-refractivity contribution < 1.29 is 41.0 Å². The Kier molecular flexibility index (Phi) is 6.17. The highest BCUT2D eigenvalue weighted by molar-refractivity contribution is 5.78. The lowest BCUT2D eigenvalue weighted by atomic mass is 10.1. The van der Waals surface area contributed by atoms with E-state index in [0.717, 1.165) is 0 Å². The molecule has 0 aromatic carbocycles. The molecule has 19 heavy (non-hydrogen) atoms. The van der Waals surface area contributed by atoms with Crippen LogP contribution in [0.4, 0.5) is 22.0 Å². The lowest BCUT2D eigenvalue weighted by Crippen LogP contribution is -2.45. The molecule has 0 saturated carbocycles. The zero-order valence-corrected chi connectivity index (χ0v) is 10.2. The molecule has 0 aromatic rings. The van der Waals surface area contributed by atoms with Crippen molar-refractivity contribution in [2.75, 3.05) is 13.2 Å². The van der Waals surface area contributed by atoms with Gasteiger partial charge in [0.25, 0.3) is 0 Å². The fourth-order valence-electron chi connectivity index (χ4n) is 0.792. The molecular weight excluding hydrogens is 279 g/mol. The van der Waals surface area contributed by atoms with Crippen LogP contribution in [0, 0.1) is 5.92 Å². The predicted molar refractivity (Wildman–Crippen MR) is 52.4 cm³/mol. The van der Waals surface area contributed by atoms with Crippen molar-refractivity contribution in [3.8, 4) is 0 Å². The molecule has 0 radical (unpaired) electrons. The minimum atomic E-state index is -6.02. The van der Waals surface area contributed by atoms with Crippen LogP contribution in [0.1, 0.15) is 20.3 Å². The van der Waals surface area contributed by atoms with Crippen molar-refractivity contribution in [2.45, 2.75) is 32.4 Å². The summed E-state index contributed by atoms with van der Waals surface area (Å²) in [4.78, 5) is 21.6. The van der Waals surface area contributed by atoms with Crippen LogP contribution < -0.4 is 0 Å². The van der Waals surface area contributed by atoms with Crippen molar-refractivity contribution in [3.63, 3.8) is 0 Å². The highest BCUT2D eigenvalue weighted by atomic mass is 19.4. The number of halogens is 5. The smallest absolute Gasteiger partial charge is 0.462 e. The van der Waals surface area contributed by atoms with Crippen molar-refractivity contribution in [2.24, 2.45) is 5.92 Å². The highest BCUT2D eigenvalue weighted by Gasteiger charge is 2.64. The first kappa shape index (κ1) is 17.6. The summed E-state index contributed by atoms with van der Waals surface area (Å²) in [6, 6.07) is 0. The summed E-state index contributed by atoms with van der Waals surface area (Å²) in [6.45, 7) is 1.80. The Morgan fingerprint density at radius 1 is 1.05 bits per heavy atom. The maximum Gasteiger partial charge on any atom is 0.465 e. The number of hydrogen-bond acceptors (Lipinski definition) is 4. The van der Waals surface area contributed by atoms with Crippen molar-refractivity contribution in [3.05, 3.63) is 0 Å². The number of carbonyl (C=O) groups is 2. The Balaban J connectivity index is 4.10. The molecule has 1 atom stereocenters. The second kappa shape index (κ2) is 6.67. The molecule has 0 bridgehead atoms. The van der Waals surface area contributed by atoms with Gasteiger partial charge >= 0.3 is 24.0 Å². The van der Waals surface area contributed by atoms with Crippen LogP contribution in [0.3, 0.4) is 0 Å². The van der Waals surface area contributed by atoms with E-state index in [9.17, 15) is 31.5 Å². The summed E-state index contributed by atoms with van der Waals surface area (Å²) < 4.78 is 68.2. The first-order chi connectivity index (χ1) is 8.54. The monoisotopic (exact) mass is 292 g/mol. The molecule has 0 aliphatic heterocycles. The number of rotatable bonds is 6. The molecule has 0 heterocycles. The summed E-state index contributed by atoms with van der Waals surface area (Å²) in [6.07, 6.45) is -5.54. The molecule has 0 rings (SSSR count). The van der Waals surface area contributed by atoms with E-state index in [1.165, 1.54) is 0 Å². The molecule has 0 N–H and O–H groups in total. The maximum atomic E-state index is 12.4. The van der Waals surface area contributed by atoms with E-state index in [1.807, 2.05) is 0 Å². The quantitative estimate of drug-likeness (QED) is 0.428. The number of esters is 2. The first-order valence-electron chi connectivity index (χ1n) is 5.32. The Morgan fingerprint density at radius 2 is 1.53 bits per heavy atom. The normalized spacial score (nSPS) is 13.8. The molecule has 0 spiro atoms. The molecule has 0 aromatic heterocycles. The number of alkyl halides is 5. The Labute approximate surface area is 105 Å². The standard InChI is InChI=1S/C10H13F5O4/c1-3-6(2)7(16)18-4-5-19-8(17)9(11,12)10(13,14)15/h6H,3-5H2,1-2H3. The fourth-order valence-corrected chi connectivity index (χ4v) is 0.792. The third-order valence-corrected chi connectivity index (χ3v) is 2.19. The van der Waals surface area contributed by atoms with Gasteiger partial charge in [0.1, 0.15) is 13.2 Å². The van der Waals surface area contributed by atoms with Gasteiger partial charge in [0.05, 0.1) is 5.92 Å². The van der Waals surface area contributed by atoms with Crippen LogP contribution in [-0.4, -0.2) is 37.3 Å². The van der Waals surface area contributed by atoms with Gasteiger partial charge in [-0.15, -0.1) is 0 Å². The van der Waals surface area contributed by atoms with Gasteiger partial charge in [-0.05, 0) is 6.42 Å². The molecule has 0 fully saturated rings. The topological polar surface area (TPSA) is 52.6 Å². The average molecular weight is 292 g/mol. The highest BCUT2D eigenvalue weighted by Crippen LogP contribution is 2.36. The van der Waals surface area contributed by atoms with Gasteiger partial charge in [0, 0.05) is 0 Å². The zero-order valence-electron chi connectivity index (χ0n) is 10.2. The molecular formula is C10H13F5O4. The van der Waals surface area contributed by atoms with Gasteiger partial charge in [-0.25, -0.2) is 4.79 Å². The summed E-state index contributed by atoms with van der Waals surface area (Å²) in [5.74, 6) is -9.39. The van der Waals surface area contributed by atoms with E-state index in [1.54, 1.807) is 13.8 Å². The van der Waals surface area contributed by atoms with E-state index >= 15 is 0 Å². The van der Waals surface area contributed by atoms with Crippen molar-refractivity contribution in [1.82, 2.24) is 0 Å². The van der Waals surface area contributed by atoms with E-state index in [4.69, 9.17) is 0 Å². The van der Waals surface area contributed by atoms with E-state index in [-0.39, 0.29) is 0 Å². The fraction of sp³-hybridized carbons (Fsp3) is 0.800. The molecule has 0 aliphatic rings. The van der Waals surface area contributed by atoms with Gasteiger partial charge in [-0.2, -0.15) is 22.0 Å². The Hall–Kier alpha value is -1.41. The average Bonchev–Trinajstić information content (AvgIpc) is 2.31. The van der Waals surface area contributed by atoms with Crippen LogP contribution in [0.5, 0.6) is 0 Å². The van der Waals surface area contributed by atoms with Gasteiger partial charge < -0.3 is 9.47 Å². The van der Waals surface area contributed by atoms with Gasteiger partial charge in [0.2, 0.25) is 0 Å². The Morgan fingerprint density at radius 3 is 1.95 bits per heavy atom. The minimum absolute atomic E-state index is 0.438. The van der Waals surface area contributed by atoms with Crippen LogP contribution in [-0.2, 0) is 19.1 Å². The van der Waals surface area contributed by atoms with Gasteiger partial charge in [-0.1, -0.05) is 13.8 Å². The summed E-state index contributed by atoms with van der Waals surface area (Å²) in [5, 5.41) is 0. The van der Waals surface area contributed by atoms with Crippen LogP contribution >= 0.6 is 0 Å². The largest absolute Gasteiger partial charge is 0.465 e. The van der Waals surface area contributed by atoms with Crippen molar-refractivity contribution in [1.29, 1.82) is 0 Å². The number of carbonyl (C=O) groups excluding carboxylic acids is 2. The number of ether oxygens (including phenoxy) is 2. The van der Waals surface area contributed by atoms with Gasteiger partial charge in [0.15, 0.2) is 0 Å². The lowest BCUT2D eigenvalue weighted by Gasteiger charge is -2.17. The summed E-state index contributed by atoms with van der Waals surface area (Å²) in [5.41, 5.74) is 0. The second-order valence-corrected chi connectivity index (χ2v) is 3.68. The lowest BCUT2D eigenvalue weighted by molar-refractivity contribution is -0.280. The molecule has 0 amide bonds. The van der Waals surface area contributed by atoms with Crippen LogP contribution in [0.2, 0.25) is 0 Å². The molecule has 4 nitrogen and oxygen atoms in total. The third kappa shape index (κ3) is 4.99. The molecule has 1 unspecified atom stereocenters. The molecule has 0 aliphatic carbocycles. The second-order valence-electron chi connectivity index (χ2n) is 3.68. The van der Waals surface area contributed by atoms with E-state index in [0.29, 0.717) is 6.42 Å². The summed E-state index contributed by atoms with van der Waals surface area (Å²) >= 11 is 0. The van der Waals surface area contributed by atoms with Crippen LogP contribution in [0.15, 0.2) is 0 Å². The van der Waals surface area contributed by atoms with Gasteiger partial charge in [-0.3, -0.25) is 4.79 Å². The number of hydrogen-bond donors (Lipinski definition) is 0. The van der Waals surface area contributed by atoms with Crippen LogP contribution in [0.25, 0.3) is 0 Å². The minimum Gasteiger partial charge on any atom is -0.462 e. The van der Waals surface area contributed by atoms with Crippen molar-refractivity contribution >= 4 is 11.9 Å².